The minimum Gasteiger partial charge on any atom is -0.477 e. The number of likely N-dealkylation sites (tertiary alicyclic amines) is 1. The van der Waals surface area contributed by atoms with Crippen molar-refractivity contribution in [3.8, 4) is 0 Å². The van der Waals surface area contributed by atoms with Gasteiger partial charge in [-0.1, -0.05) is 30.3 Å². The topological polar surface area (TPSA) is 132 Å². The molecule has 0 bridgehead atoms. The van der Waals surface area contributed by atoms with Crippen LogP contribution in [-0.2, 0) is 14.3 Å². The second kappa shape index (κ2) is 12.7. The number of amides is 3. The molecule has 44 heavy (non-hydrogen) atoms. The molecular formula is C34H42N4O6. The molecule has 0 unspecified atom stereocenters. The number of hydrogen-bond donors (Lipinski definition) is 3. The van der Waals surface area contributed by atoms with E-state index in [9.17, 15) is 24.3 Å². The number of fused-ring (bicyclic) bond motifs is 1. The van der Waals surface area contributed by atoms with E-state index >= 15 is 0 Å². The molecule has 3 aromatic rings. The summed E-state index contributed by atoms with van der Waals surface area (Å²) in [7, 11) is 1.71. The van der Waals surface area contributed by atoms with Gasteiger partial charge in [0.05, 0.1) is 0 Å². The Bertz CT molecular complexity index is 1520. The number of ether oxygens (including phenoxy) is 1. The van der Waals surface area contributed by atoms with Crippen molar-refractivity contribution in [2.75, 3.05) is 25.0 Å². The minimum absolute atomic E-state index is 0.0147. The summed E-state index contributed by atoms with van der Waals surface area (Å²) in [6.45, 7) is 6.51. The number of aromatic nitrogens is 1. The molecule has 0 radical (unpaired) electrons. The molecule has 1 aliphatic heterocycles. The van der Waals surface area contributed by atoms with Gasteiger partial charge in [0, 0.05) is 48.6 Å². The zero-order valence-corrected chi connectivity index (χ0v) is 25.8. The summed E-state index contributed by atoms with van der Waals surface area (Å²) in [5.41, 5.74) is 1.85. The molecule has 2 aliphatic rings. The lowest BCUT2D eigenvalue weighted by Gasteiger charge is -2.35. The van der Waals surface area contributed by atoms with Crippen molar-refractivity contribution < 1.29 is 29.0 Å². The van der Waals surface area contributed by atoms with Crippen LogP contribution in [0.4, 0.5) is 10.5 Å². The number of carboxylic acid groups (broad SMARTS) is 1. The third kappa shape index (κ3) is 6.90. The maximum absolute atomic E-state index is 14.3. The number of carbonyl (C=O) groups is 4. The van der Waals surface area contributed by atoms with Crippen LogP contribution >= 0.6 is 0 Å². The number of benzene rings is 2. The second-order valence-electron chi connectivity index (χ2n) is 13.0. The Morgan fingerprint density at radius 1 is 1.00 bits per heavy atom. The first-order chi connectivity index (χ1) is 20.9. The second-order valence-corrected chi connectivity index (χ2v) is 13.0. The Labute approximate surface area is 257 Å². The van der Waals surface area contributed by atoms with Gasteiger partial charge in [0.15, 0.2) is 0 Å². The molecule has 2 aromatic carbocycles. The zero-order valence-electron chi connectivity index (χ0n) is 25.8. The molecule has 10 nitrogen and oxygen atoms in total. The van der Waals surface area contributed by atoms with E-state index in [0.29, 0.717) is 48.9 Å². The largest absolute Gasteiger partial charge is 0.477 e. The molecular weight excluding hydrogens is 560 g/mol. The molecule has 0 spiro atoms. The predicted octanol–water partition coefficient (Wildman–Crippen LogP) is 5.54. The molecule has 234 valence electrons. The van der Waals surface area contributed by atoms with Gasteiger partial charge in [0.2, 0.25) is 11.8 Å². The number of likely N-dealkylation sites (N-methyl/N-ethyl adjacent to an activating group) is 1. The first-order valence-electron chi connectivity index (χ1n) is 15.4. The van der Waals surface area contributed by atoms with Gasteiger partial charge in [-0.05, 0) is 88.6 Å². The fourth-order valence-corrected chi connectivity index (χ4v) is 6.55. The van der Waals surface area contributed by atoms with E-state index in [2.05, 4.69) is 10.3 Å². The third-order valence-electron chi connectivity index (χ3n) is 8.84. The van der Waals surface area contributed by atoms with Crippen molar-refractivity contribution in [1.82, 2.24) is 15.2 Å². The van der Waals surface area contributed by atoms with Crippen LogP contribution in [0.5, 0.6) is 0 Å². The van der Waals surface area contributed by atoms with Crippen LogP contribution in [-0.4, -0.2) is 70.6 Å². The number of anilines is 1. The van der Waals surface area contributed by atoms with Gasteiger partial charge in [-0.15, -0.1) is 0 Å². The number of carbonyl (C=O) groups excluding carboxylic acids is 3. The molecule has 2 atom stereocenters. The lowest BCUT2D eigenvalue weighted by molar-refractivity contribution is -0.142. The molecule has 2 fully saturated rings. The highest BCUT2D eigenvalue weighted by Gasteiger charge is 2.45. The minimum atomic E-state index is -1.05. The number of nitrogens with zero attached hydrogens (tertiary/aromatic N) is 2. The van der Waals surface area contributed by atoms with Crippen LogP contribution in [0.25, 0.3) is 10.9 Å². The quantitative estimate of drug-likeness (QED) is 0.325. The summed E-state index contributed by atoms with van der Waals surface area (Å²) in [6.07, 6.45) is 3.31. The number of aromatic carboxylic acids is 1. The number of nitrogens with one attached hydrogen (secondary N) is 2. The molecule has 1 aromatic heterocycles. The fraction of sp³-hybridized carbons (Fsp3) is 0.471. The van der Waals surface area contributed by atoms with Gasteiger partial charge in [-0.3, -0.25) is 9.59 Å². The Morgan fingerprint density at radius 3 is 2.36 bits per heavy atom. The highest BCUT2D eigenvalue weighted by atomic mass is 16.6. The standard InChI is InChI=1S/C34H42N4O6/c1-34(2,3)44-33(43)35-20-21-10-12-23(13-11-21)30(39)38-17-16-26(22-8-6-5-7-9-22)29(38)31(40)37(4)25-14-15-27-24(18-25)19-28(36-27)32(41)42/h5-9,14-15,18-19,21,23,26,29,36H,10-13,16-17,20H2,1-4H3,(H,35,43)(H,41,42)/t21?,23?,26-,29-/m0/s1. The summed E-state index contributed by atoms with van der Waals surface area (Å²) in [4.78, 5) is 58.1. The first kappa shape index (κ1) is 31.1. The van der Waals surface area contributed by atoms with Gasteiger partial charge in [0.1, 0.15) is 17.3 Å². The van der Waals surface area contributed by atoms with E-state index < -0.39 is 23.7 Å². The van der Waals surface area contributed by atoms with Crippen LogP contribution in [0.1, 0.15) is 74.8 Å². The van der Waals surface area contributed by atoms with Crippen molar-refractivity contribution >= 4 is 40.5 Å². The number of alkyl carbamates (subject to hydrolysis) is 1. The lowest BCUT2D eigenvalue weighted by atomic mass is 9.81. The van der Waals surface area contributed by atoms with Crippen molar-refractivity contribution in [2.45, 2.75) is 70.4 Å². The van der Waals surface area contributed by atoms with E-state index in [0.717, 1.165) is 18.4 Å². The van der Waals surface area contributed by atoms with Crippen LogP contribution < -0.4 is 10.2 Å². The smallest absolute Gasteiger partial charge is 0.407 e. The lowest BCUT2D eigenvalue weighted by Crippen LogP contribution is -2.50. The molecule has 1 saturated heterocycles. The maximum atomic E-state index is 14.3. The highest BCUT2D eigenvalue weighted by Crippen LogP contribution is 2.39. The maximum Gasteiger partial charge on any atom is 0.407 e. The Morgan fingerprint density at radius 2 is 1.70 bits per heavy atom. The SMILES string of the molecule is CN(C(=O)[C@@H]1[C@H](c2ccccc2)CCN1C(=O)C1CCC(CNC(=O)OC(C)(C)C)CC1)c1ccc2[nH]c(C(=O)O)cc2c1. The van der Waals surface area contributed by atoms with Gasteiger partial charge >= 0.3 is 12.1 Å². The molecule has 1 aliphatic carbocycles. The average Bonchev–Trinajstić information content (AvgIpc) is 3.64. The van der Waals surface area contributed by atoms with Crippen molar-refractivity contribution in [3.05, 3.63) is 65.9 Å². The molecule has 2 heterocycles. The van der Waals surface area contributed by atoms with E-state index in [-0.39, 0.29) is 35.3 Å². The van der Waals surface area contributed by atoms with Crippen molar-refractivity contribution in [1.29, 1.82) is 0 Å². The number of aromatic amines is 1. The van der Waals surface area contributed by atoms with Crippen LogP contribution in [0.15, 0.2) is 54.6 Å². The zero-order chi connectivity index (χ0) is 31.6. The van der Waals surface area contributed by atoms with Crippen LogP contribution in [0, 0.1) is 11.8 Å². The molecule has 5 rings (SSSR count). The summed E-state index contributed by atoms with van der Waals surface area (Å²) in [5.74, 6) is -1.25. The molecule has 10 heteroatoms. The summed E-state index contributed by atoms with van der Waals surface area (Å²) in [6, 6.07) is 16.1. The molecule has 3 N–H and O–H groups in total. The highest BCUT2D eigenvalue weighted by molar-refractivity contribution is 6.02. The third-order valence-corrected chi connectivity index (χ3v) is 8.84. The summed E-state index contributed by atoms with van der Waals surface area (Å²) >= 11 is 0. The first-order valence-corrected chi connectivity index (χ1v) is 15.4. The Hall–Kier alpha value is -4.34. The van der Waals surface area contributed by atoms with Gasteiger partial charge < -0.3 is 29.9 Å². The van der Waals surface area contributed by atoms with Crippen molar-refractivity contribution in [2.24, 2.45) is 11.8 Å². The van der Waals surface area contributed by atoms with Gasteiger partial charge in [-0.25, -0.2) is 9.59 Å². The van der Waals surface area contributed by atoms with E-state index in [4.69, 9.17) is 4.74 Å². The molecule has 3 amide bonds. The molecule has 1 saturated carbocycles. The fourth-order valence-electron chi connectivity index (χ4n) is 6.55. The average molecular weight is 603 g/mol. The van der Waals surface area contributed by atoms with Crippen molar-refractivity contribution in [3.63, 3.8) is 0 Å². The van der Waals surface area contributed by atoms with Crippen LogP contribution in [0.3, 0.4) is 0 Å². The Balaban J connectivity index is 1.30. The van der Waals surface area contributed by atoms with E-state index in [1.807, 2.05) is 51.1 Å². The van der Waals surface area contributed by atoms with Gasteiger partial charge in [0.25, 0.3) is 0 Å². The van der Waals surface area contributed by atoms with Crippen LogP contribution in [0.2, 0.25) is 0 Å². The monoisotopic (exact) mass is 602 g/mol. The van der Waals surface area contributed by atoms with E-state index in [1.54, 1.807) is 41.1 Å². The normalized spacial score (nSPS) is 22.0. The summed E-state index contributed by atoms with van der Waals surface area (Å²) in [5, 5.41) is 12.9. The van der Waals surface area contributed by atoms with E-state index in [1.165, 1.54) is 0 Å². The summed E-state index contributed by atoms with van der Waals surface area (Å²) < 4.78 is 5.35. The number of rotatable bonds is 7. The Kier molecular flexibility index (Phi) is 8.99. The predicted molar refractivity (Wildman–Crippen MR) is 168 cm³/mol. The number of carboxylic acids is 1. The number of H-pyrrole nitrogens is 1. The van der Waals surface area contributed by atoms with Gasteiger partial charge in [-0.2, -0.15) is 0 Å². The number of hydrogen-bond acceptors (Lipinski definition) is 5.